The third-order valence-electron chi connectivity index (χ3n) is 16.7. The zero-order valence-electron chi connectivity index (χ0n) is 52.5. The molecule has 2 aliphatic heterocycles. The van der Waals surface area contributed by atoms with Crippen molar-refractivity contribution in [2.45, 2.75) is 370 Å². The van der Waals surface area contributed by atoms with Crippen LogP contribution in [-0.4, -0.2) is 142 Å². The van der Waals surface area contributed by atoms with E-state index in [2.05, 4.69) is 38.2 Å². The predicted octanol–water partition coefficient (Wildman–Crippen LogP) is 14.3. The van der Waals surface area contributed by atoms with E-state index in [-0.39, 0.29) is 25.6 Å². The maximum atomic E-state index is 13.1. The van der Waals surface area contributed by atoms with Crippen molar-refractivity contribution in [1.29, 1.82) is 0 Å². The average Bonchev–Trinajstić information content (AvgIpc) is 3.54. The summed E-state index contributed by atoms with van der Waals surface area (Å²) in [5.74, 6) is -0.369. The standard InChI is InChI=1S/C68H128O14/c1-3-5-7-9-11-13-15-17-19-21-23-25-27-28-29-31-33-35-37-39-41-43-45-47-49-51-60(70)80-57(55-78-67-66(76)64(74)62(72)59(82-67)56-79-68-65(75)63(73)61(71)58(53-69)81-68)54-77-52-50-48-46-44-42-40-38-36-34-32-30-26-24-22-20-18-16-14-12-10-8-6-4-2/h15,17,21,23,57-59,61-69,71-76H,3-14,16,18-20,22,24-56H2,1-2H3/b17-15-,23-21-. The van der Waals surface area contributed by atoms with Crippen LogP contribution in [0, 0.1) is 0 Å². The fraction of sp³-hybridized carbons (Fsp3) is 0.926. The van der Waals surface area contributed by atoms with Crippen molar-refractivity contribution in [2.24, 2.45) is 0 Å². The molecule has 0 bridgehead atoms. The third kappa shape index (κ3) is 40.0. The number of aliphatic hydroxyl groups is 7. The molecule has 0 saturated carbocycles. The molecule has 2 rings (SSSR count). The Hall–Kier alpha value is -1.53. The molecule has 14 heteroatoms. The highest BCUT2D eigenvalue weighted by Crippen LogP contribution is 2.27. The van der Waals surface area contributed by atoms with Crippen LogP contribution in [0.3, 0.4) is 0 Å². The molecule has 0 aliphatic carbocycles. The van der Waals surface area contributed by atoms with Gasteiger partial charge in [-0.1, -0.05) is 276 Å². The minimum absolute atomic E-state index is 0.0674. The molecule has 14 nitrogen and oxygen atoms in total. The Morgan fingerprint density at radius 1 is 0.402 bits per heavy atom. The number of hydrogen-bond acceptors (Lipinski definition) is 14. The Morgan fingerprint density at radius 2 is 0.756 bits per heavy atom. The van der Waals surface area contributed by atoms with Crippen LogP contribution in [0.25, 0.3) is 0 Å². The van der Waals surface area contributed by atoms with Gasteiger partial charge in [0, 0.05) is 13.0 Å². The van der Waals surface area contributed by atoms with Crippen LogP contribution in [0.4, 0.5) is 0 Å². The second-order valence-electron chi connectivity index (χ2n) is 24.4. The highest BCUT2D eigenvalue weighted by atomic mass is 16.7. The number of rotatable bonds is 58. The molecule has 0 spiro atoms. The SMILES string of the molecule is CCCCCCC/C=C\C/C=C\CCCCCCCCCCCCCCCC(=O)OC(COCCCCCCCCCCCCCCCCCCCCCCCCC)COC1OC(COC2OC(CO)C(O)C(O)C2O)C(O)C(O)C1O. The highest BCUT2D eigenvalue weighted by molar-refractivity contribution is 5.69. The molecule has 2 fully saturated rings. The molecule has 11 unspecified atom stereocenters. The van der Waals surface area contributed by atoms with Crippen LogP contribution in [0.1, 0.15) is 303 Å². The van der Waals surface area contributed by atoms with Crippen molar-refractivity contribution >= 4 is 5.97 Å². The zero-order chi connectivity index (χ0) is 59.4. The smallest absolute Gasteiger partial charge is 0.306 e. The number of carbonyl (C=O) groups is 1. The van der Waals surface area contributed by atoms with Crippen molar-refractivity contribution in [1.82, 2.24) is 0 Å². The topological polar surface area (TPSA) is 214 Å². The minimum Gasteiger partial charge on any atom is -0.457 e. The summed E-state index contributed by atoms with van der Waals surface area (Å²) in [6, 6.07) is 0. The van der Waals surface area contributed by atoms with Crippen molar-refractivity contribution < 1.29 is 69.0 Å². The van der Waals surface area contributed by atoms with Gasteiger partial charge in [0.2, 0.25) is 0 Å². The highest BCUT2D eigenvalue weighted by Gasteiger charge is 2.47. The summed E-state index contributed by atoms with van der Waals surface area (Å²) >= 11 is 0. The second kappa shape index (κ2) is 54.8. The van der Waals surface area contributed by atoms with Crippen molar-refractivity contribution in [3.05, 3.63) is 24.3 Å². The predicted molar refractivity (Wildman–Crippen MR) is 330 cm³/mol. The van der Waals surface area contributed by atoms with Crippen LogP contribution in [0.15, 0.2) is 24.3 Å². The lowest BCUT2D eigenvalue weighted by Gasteiger charge is -2.42. The van der Waals surface area contributed by atoms with Gasteiger partial charge in [0.1, 0.15) is 54.9 Å². The summed E-state index contributed by atoms with van der Waals surface area (Å²) in [5, 5.41) is 72.6. The van der Waals surface area contributed by atoms with Gasteiger partial charge in [0.15, 0.2) is 12.6 Å². The number of esters is 1. The average molecular weight is 1170 g/mol. The molecule has 0 aromatic heterocycles. The first kappa shape index (κ1) is 76.6. The van der Waals surface area contributed by atoms with Crippen LogP contribution >= 0.6 is 0 Å². The quantitative estimate of drug-likeness (QED) is 0.0171. The Bertz CT molecular complexity index is 1450. The summed E-state index contributed by atoms with van der Waals surface area (Å²) in [7, 11) is 0. The lowest BCUT2D eigenvalue weighted by Crippen LogP contribution is -2.61. The monoisotopic (exact) mass is 1170 g/mol. The van der Waals surface area contributed by atoms with Gasteiger partial charge in [-0.05, 0) is 44.9 Å². The molecule has 11 atom stereocenters. The van der Waals surface area contributed by atoms with E-state index in [1.54, 1.807) is 0 Å². The number of allylic oxidation sites excluding steroid dienone is 4. The number of unbranched alkanes of at least 4 members (excludes halogenated alkanes) is 40. The molecule has 2 heterocycles. The van der Waals surface area contributed by atoms with E-state index in [1.807, 2.05) is 0 Å². The van der Waals surface area contributed by atoms with E-state index in [0.717, 1.165) is 44.9 Å². The van der Waals surface area contributed by atoms with Gasteiger partial charge >= 0.3 is 5.97 Å². The fourth-order valence-electron chi connectivity index (χ4n) is 11.2. The van der Waals surface area contributed by atoms with Crippen molar-refractivity contribution in [3.8, 4) is 0 Å². The number of ether oxygens (including phenoxy) is 6. The Morgan fingerprint density at radius 3 is 1.17 bits per heavy atom. The third-order valence-corrected chi connectivity index (χ3v) is 16.7. The number of carbonyl (C=O) groups excluding carboxylic acids is 1. The number of aliphatic hydroxyl groups excluding tert-OH is 7. The maximum Gasteiger partial charge on any atom is 0.306 e. The lowest BCUT2D eigenvalue weighted by atomic mass is 9.98. The molecule has 2 saturated heterocycles. The summed E-state index contributed by atoms with van der Waals surface area (Å²) in [6.45, 7) is 3.76. The van der Waals surface area contributed by atoms with E-state index < -0.39 is 80.7 Å². The van der Waals surface area contributed by atoms with Crippen LogP contribution in [0.5, 0.6) is 0 Å². The summed E-state index contributed by atoms with van der Waals surface area (Å²) < 4.78 is 34.6. The Kier molecular flexibility index (Phi) is 51.2. The second-order valence-corrected chi connectivity index (χ2v) is 24.4. The Labute approximate surface area is 500 Å². The van der Waals surface area contributed by atoms with E-state index in [9.17, 15) is 40.5 Å². The first-order valence-electron chi connectivity index (χ1n) is 34.4. The molecule has 82 heavy (non-hydrogen) atoms. The summed E-state index contributed by atoms with van der Waals surface area (Å²) in [4.78, 5) is 13.1. The van der Waals surface area contributed by atoms with Gasteiger partial charge in [-0.25, -0.2) is 0 Å². The Balaban J connectivity index is 1.64. The van der Waals surface area contributed by atoms with E-state index >= 15 is 0 Å². The minimum atomic E-state index is -1.71. The van der Waals surface area contributed by atoms with E-state index in [1.165, 1.54) is 231 Å². The van der Waals surface area contributed by atoms with Crippen LogP contribution in [-0.2, 0) is 33.2 Å². The maximum absolute atomic E-state index is 13.1. The summed E-state index contributed by atoms with van der Waals surface area (Å²) in [6.07, 6.45) is 49.6. The molecular weight excluding hydrogens is 1040 g/mol. The lowest BCUT2D eigenvalue weighted by molar-refractivity contribution is -0.332. The molecule has 0 radical (unpaired) electrons. The zero-order valence-corrected chi connectivity index (χ0v) is 52.5. The van der Waals surface area contributed by atoms with E-state index in [4.69, 9.17) is 28.4 Å². The molecule has 0 aromatic carbocycles. The largest absolute Gasteiger partial charge is 0.457 e. The van der Waals surface area contributed by atoms with Crippen molar-refractivity contribution in [2.75, 3.05) is 33.0 Å². The first-order chi connectivity index (χ1) is 40.1. The van der Waals surface area contributed by atoms with Gasteiger partial charge in [-0.3, -0.25) is 4.79 Å². The molecule has 484 valence electrons. The number of hydrogen-bond donors (Lipinski definition) is 7. The molecule has 0 amide bonds. The first-order valence-corrected chi connectivity index (χ1v) is 34.4. The van der Waals surface area contributed by atoms with Gasteiger partial charge in [0.05, 0.1) is 26.4 Å². The van der Waals surface area contributed by atoms with E-state index in [0.29, 0.717) is 13.0 Å². The van der Waals surface area contributed by atoms with Gasteiger partial charge in [-0.2, -0.15) is 0 Å². The molecule has 7 N–H and O–H groups in total. The fourth-order valence-corrected chi connectivity index (χ4v) is 11.2. The van der Waals surface area contributed by atoms with Crippen molar-refractivity contribution in [3.63, 3.8) is 0 Å². The molecular formula is C68H128O14. The molecule has 0 aromatic rings. The van der Waals surface area contributed by atoms with Gasteiger partial charge in [-0.15, -0.1) is 0 Å². The van der Waals surface area contributed by atoms with Gasteiger partial charge < -0.3 is 64.2 Å². The van der Waals surface area contributed by atoms with Crippen LogP contribution < -0.4 is 0 Å². The van der Waals surface area contributed by atoms with Crippen LogP contribution in [0.2, 0.25) is 0 Å². The van der Waals surface area contributed by atoms with Gasteiger partial charge in [0.25, 0.3) is 0 Å². The molecule has 2 aliphatic rings. The summed E-state index contributed by atoms with van der Waals surface area (Å²) in [5.41, 5.74) is 0. The normalized spacial score (nSPS) is 23.6.